The molecule has 70 valence electrons. The topological polar surface area (TPSA) is 0 Å². The molecule has 1 aromatic carbocycles. The van der Waals surface area contributed by atoms with E-state index >= 15 is 0 Å². The van der Waals surface area contributed by atoms with Crippen LogP contribution < -0.4 is 10.4 Å². The lowest BCUT2D eigenvalue weighted by molar-refractivity contribution is 1.47. The van der Waals surface area contributed by atoms with Gasteiger partial charge in [-0.2, -0.15) is 0 Å². The normalized spacial score (nSPS) is 13.2. The molecule has 0 heteroatoms. The van der Waals surface area contributed by atoms with Crippen LogP contribution in [0.25, 0.3) is 11.6 Å². The first kappa shape index (κ1) is 11.7. The molecule has 0 aliphatic heterocycles. The second-order valence-electron chi connectivity index (χ2n) is 2.76. The van der Waals surface area contributed by atoms with Crippen LogP contribution in [-0.2, 0) is 0 Å². The molecule has 0 saturated heterocycles. The Kier molecular flexibility index (Phi) is 4.83. The van der Waals surface area contributed by atoms with Crippen LogP contribution in [-0.4, -0.2) is 0 Å². The largest absolute Gasteiger partial charge is 0.0988 e. The van der Waals surface area contributed by atoms with Crippen LogP contribution >= 0.6 is 0 Å². The monoisotopic (exact) mass is 174 g/mol. The predicted octanol–water partition coefficient (Wildman–Crippen LogP) is 2.48. The van der Waals surface area contributed by atoms with Crippen molar-refractivity contribution in [2.75, 3.05) is 0 Å². The van der Waals surface area contributed by atoms with Gasteiger partial charge in [-0.3, -0.25) is 0 Å². The summed E-state index contributed by atoms with van der Waals surface area (Å²) in [4.78, 5) is 0. The minimum absolute atomic E-state index is 0. The Balaban J connectivity index is 0.00000144. The zero-order valence-corrected chi connectivity index (χ0v) is 7.67. The Bertz CT molecular complexity index is 383. The van der Waals surface area contributed by atoms with Gasteiger partial charge in [-0.05, 0) is 29.9 Å². The molecule has 0 nitrogen and oxygen atoms in total. The molecule has 1 aromatic rings. The third-order valence-corrected chi connectivity index (χ3v) is 2.00. The molecule has 13 heavy (non-hydrogen) atoms. The van der Waals surface area contributed by atoms with Crippen LogP contribution in [0.3, 0.4) is 0 Å². The maximum Gasteiger partial charge on any atom is -0.0158 e. The molecule has 0 amide bonds. The fraction of sp³-hybridized carbons (Fsp3) is 0.231. The number of allylic oxidation sites excluding steroid dienone is 1. The molecule has 0 radical (unpaired) electrons. The zero-order valence-electron chi connectivity index (χ0n) is 7.67. The zero-order chi connectivity index (χ0) is 8.97. The van der Waals surface area contributed by atoms with Crippen molar-refractivity contribution in [1.29, 1.82) is 0 Å². The van der Waals surface area contributed by atoms with Crippen LogP contribution in [0, 0.1) is 0 Å². The van der Waals surface area contributed by atoms with Gasteiger partial charge in [0.15, 0.2) is 0 Å². The van der Waals surface area contributed by atoms with E-state index in [0.29, 0.717) is 0 Å². The first-order chi connectivity index (χ1) is 5.79. The SMILES string of the molecule is C.C=C/C(C)=c1/cccc/c1=C/C. The lowest BCUT2D eigenvalue weighted by Crippen LogP contribution is -2.24. The van der Waals surface area contributed by atoms with E-state index in [1.54, 1.807) is 0 Å². The van der Waals surface area contributed by atoms with E-state index in [1.807, 2.05) is 6.08 Å². The maximum atomic E-state index is 3.76. The summed E-state index contributed by atoms with van der Waals surface area (Å²) in [5, 5.41) is 2.55. The summed E-state index contributed by atoms with van der Waals surface area (Å²) in [6, 6.07) is 8.33. The van der Waals surface area contributed by atoms with Crippen molar-refractivity contribution in [1.82, 2.24) is 0 Å². The fourth-order valence-corrected chi connectivity index (χ4v) is 1.22. The smallest absolute Gasteiger partial charge is 0.0158 e. The number of benzene rings is 1. The van der Waals surface area contributed by atoms with E-state index in [0.717, 1.165) is 0 Å². The minimum Gasteiger partial charge on any atom is -0.0988 e. The average molecular weight is 174 g/mol. The number of hydrogen-bond donors (Lipinski definition) is 0. The molecule has 1 rings (SSSR count). The molecule has 0 fully saturated rings. The number of rotatable bonds is 1. The van der Waals surface area contributed by atoms with Gasteiger partial charge in [0.2, 0.25) is 0 Å². The molecule has 0 aromatic heterocycles. The van der Waals surface area contributed by atoms with Crippen molar-refractivity contribution >= 4 is 11.6 Å². The van der Waals surface area contributed by atoms with Crippen LogP contribution in [0.2, 0.25) is 0 Å². The van der Waals surface area contributed by atoms with Crippen molar-refractivity contribution in [3.63, 3.8) is 0 Å². The molecule has 0 bridgehead atoms. The highest BCUT2D eigenvalue weighted by molar-refractivity contribution is 5.53. The molecular weight excluding hydrogens is 156 g/mol. The lowest BCUT2D eigenvalue weighted by atomic mass is 10.1. The summed E-state index contributed by atoms with van der Waals surface area (Å²) in [6.45, 7) is 7.89. The van der Waals surface area contributed by atoms with Gasteiger partial charge in [-0.25, -0.2) is 0 Å². The Morgan fingerprint density at radius 3 is 2.46 bits per heavy atom. The van der Waals surface area contributed by atoms with E-state index in [1.165, 1.54) is 16.0 Å². The van der Waals surface area contributed by atoms with Crippen LogP contribution in [0.15, 0.2) is 36.9 Å². The summed E-state index contributed by atoms with van der Waals surface area (Å²) in [6.07, 6.45) is 4.00. The fourth-order valence-electron chi connectivity index (χ4n) is 1.22. The number of hydrogen-bond acceptors (Lipinski definition) is 0. The summed E-state index contributed by atoms with van der Waals surface area (Å²) in [5.41, 5.74) is 1.23. The summed E-state index contributed by atoms with van der Waals surface area (Å²) in [7, 11) is 0. The van der Waals surface area contributed by atoms with E-state index < -0.39 is 0 Å². The van der Waals surface area contributed by atoms with Crippen LogP contribution in [0.5, 0.6) is 0 Å². The Morgan fingerprint density at radius 1 is 1.31 bits per heavy atom. The maximum absolute atomic E-state index is 3.76. The van der Waals surface area contributed by atoms with Crippen molar-refractivity contribution in [2.45, 2.75) is 21.3 Å². The van der Waals surface area contributed by atoms with Gasteiger partial charge < -0.3 is 0 Å². The summed E-state index contributed by atoms with van der Waals surface area (Å²) < 4.78 is 0. The first-order valence-corrected chi connectivity index (χ1v) is 4.14. The molecule has 0 spiro atoms. The summed E-state index contributed by atoms with van der Waals surface area (Å²) >= 11 is 0. The second-order valence-corrected chi connectivity index (χ2v) is 2.76. The van der Waals surface area contributed by atoms with Crippen LogP contribution in [0.1, 0.15) is 21.3 Å². The molecule has 0 aliphatic rings. The van der Waals surface area contributed by atoms with Gasteiger partial charge >= 0.3 is 0 Å². The van der Waals surface area contributed by atoms with Crippen molar-refractivity contribution in [3.05, 3.63) is 47.4 Å². The molecule has 0 aliphatic carbocycles. The molecule has 0 heterocycles. The minimum atomic E-state index is 0. The third-order valence-electron chi connectivity index (χ3n) is 2.00. The Hall–Kier alpha value is -1.30. The molecule has 0 atom stereocenters. The summed E-state index contributed by atoms with van der Waals surface area (Å²) in [5.74, 6) is 0. The predicted molar refractivity (Wildman–Crippen MR) is 61.8 cm³/mol. The molecule has 0 unspecified atom stereocenters. The van der Waals surface area contributed by atoms with Crippen molar-refractivity contribution in [3.8, 4) is 0 Å². The second kappa shape index (κ2) is 5.36. The van der Waals surface area contributed by atoms with E-state index in [4.69, 9.17) is 0 Å². The van der Waals surface area contributed by atoms with Gasteiger partial charge in [0.1, 0.15) is 0 Å². The Morgan fingerprint density at radius 2 is 1.92 bits per heavy atom. The molecule has 0 N–H and O–H groups in total. The van der Waals surface area contributed by atoms with Crippen molar-refractivity contribution in [2.24, 2.45) is 0 Å². The first-order valence-electron chi connectivity index (χ1n) is 4.14. The molecule has 0 saturated carbocycles. The van der Waals surface area contributed by atoms with Gasteiger partial charge in [0.25, 0.3) is 0 Å². The van der Waals surface area contributed by atoms with Gasteiger partial charge in [0, 0.05) is 0 Å². The quantitative estimate of drug-likeness (QED) is 0.613. The van der Waals surface area contributed by atoms with Gasteiger partial charge in [-0.15, -0.1) is 0 Å². The Labute approximate surface area is 80.9 Å². The van der Waals surface area contributed by atoms with E-state index in [2.05, 4.69) is 50.8 Å². The van der Waals surface area contributed by atoms with Gasteiger partial charge in [-0.1, -0.05) is 50.4 Å². The highest BCUT2D eigenvalue weighted by atomic mass is 13.9. The van der Waals surface area contributed by atoms with Crippen molar-refractivity contribution < 1.29 is 0 Å². The molecular formula is C13H18. The average Bonchev–Trinajstić information content (AvgIpc) is 2.16. The van der Waals surface area contributed by atoms with Gasteiger partial charge in [0.05, 0.1) is 0 Å². The van der Waals surface area contributed by atoms with E-state index in [9.17, 15) is 0 Å². The third kappa shape index (κ3) is 2.59. The van der Waals surface area contributed by atoms with Crippen LogP contribution in [0.4, 0.5) is 0 Å². The highest BCUT2D eigenvalue weighted by Crippen LogP contribution is 1.87. The van der Waals surface area contributed by atoms with E-state index in [-0.39, 0.29) is 7.43 Å². The lowest BCUT2D eigenvalue weighted by Gasteiger charge is -1.92. The highest BCUT2D eigenvalue weighted by Gasteiger charge is 1.85. The standard InChI is InChI=1S/C12H14.CH4/c1-4-10(3)12-9-7-6-8-11(12)5-2;/h4-9H,1H2,2-3H3;1H4/b11-5-,12-10-;.